The van der Waals surface area contributed by atoms with Crippen LogP contribution in [0.25, 0.3) is 0 Å². The van der Waals surface area contributed by atoms with Crippen molar-refractivity contribution in [2.75, 3.05) is 20.8 Å². The Morgan fingerprint density at radius 1 is 1.14 bits per heavy atom. The molecule has 0 heterocycles. The molecule has 3 nitrogen and oxygen atoms in total. The second-order valence-electron chi connectivity index (χ2n) is 3.38. The van der Waals surface area contributed by atoms with Gasteiger partial charge in [-0.05, 0) is 0 Å². The van der Waals surface area contributed by atoms with Crippen LogP contribution in [-0.2, 0) is 25.3 Å². The van der Waals surface area contributed by atoms with Crippen LogP contribution in [0.5, 0.6) is 0 Å². The molecule has 0 aliphatic rings. The molecule has 0 aliphatic heterocycles. The van der Waals surface area contributed by atoms with Crippen molar-refractivity contribution in [1.82, 2.24) is 5.32 Å². The molecular formula is C10H24NO2Ti. The standard InChI is InChI=1S/C8H18N.2CH3O.Ti/c1-3-5-7-9-8-6-4-2;2*1-2;/h7,9H,3-6,8H2,1-2H3;2*1H3;/q;2*-1;+2. The fourth-order valence-corrected chi connectivity index (χ4v) is 3.87. The quantitative estimate of drug-likeness (QED) is 0.493. The molecule has 4 heteroatoms. The number of rotatable bonds is 9. The molecule has 85 valence electrons. The van der Waals surface area contributed by atoms with Crippen molar-refractivity contribution in [2.45, 2.75) is 43.9 Å². The van der Waals surface area contributed by atoms with E-state index in [9.17, 15) is 0 Å². The van der Waals surface area contributed by atoms with Gasteiger partial charge in [0.05, 0.1) is 0 Å². The molecule has 0 amide bonds. The molecule has 0 spiro atoms. The van der Waals surface area contributed by atoms with Gasteiger partial charge in [-0.25, -0.2) is 0 Å². The average Bonchev–Trinajstić information content (AvgIpc) is 2.20. The Hall–Kier alpha value is 0.594. The zero-order valence-corrected chi connectivity index (χ0v) is 11.5. The Bertz CT molecular complexity index is 121. The van der Waals surface area contributed by atoms with Crippen LogP contribution in [0.2, 0.25) is 0 Å². The monoisotopic (exact) mass is 238 g/mol. The van der Waals surface area contributed by atoms with Crippen molar-refractivity contribution in [3.8, 4) is 0 Å². The van der Waals surface area contributed by atoms with Crippen LogP contribution >= 0.6 is 0 Å². The van der Waals surface area contributed by atoms with E-state index in [1.165, 1.54) is 25.7 Å². The molecule has 1 N–H and O–H groups in total. The van der Waals surface area contributed by atoms with E-state index < -0.39 is 18.6 Å². The SMILES string of the molecule is CCCCN[CH](CCC)[Ti]([O]C)[O]C. The Morgan fingerprint density at radius 2 is 1.79 bits per heavy atom. The zero-order valence-electron chi connectivity index (χ0n) is 9.93. The van der Waals surface area contributed by atoms with Crippen molar-refractivity contribution >= 4 is 0 Å². The summed E-state index contributed by atoms with van der Waals surface area (Å²) in [4.78, 5) is 0. The summed E-state index contributed by atoms with van der Waals surface area (Å²) in [6.45, 7) is 5.50. The fourth-order valence-electron chi connectivity index (χ4n) is 1.41. The number of hydrogen-bond acceptors (Lipinski definition) is 3. The van der Waals surface area contributed by atoms with Gasteiger partial charge in [-0.1, -0.05) is 0 Å². The summed E-state index contributed by atoms with van der Waals surface area (Å²) in [5.74, 6) is 0. The van der Waals surface area contributed by atoms with Gasteiger partial charge in [0.2, 0.25) is 0 Å². The van der Waals surface area contributed by atoms with Crippen LogP contribution in [0.1, 0.15) is 39.5 Å². The van der Waals surface area contributed by atoms with E-state index in [1.807, 2.05) is 0 Å². The fraction of sp³-hybridized carbons (Fsp3) is 1.00. The minimum atomic E-state index is -1.75. The first kappa shape index (κ1) is 14.6. The van der Waals surface area contributed by atoms with E-state index in [-0.39, 0.29) is 0 Å². The van der Waals surface area contributed by atoms with Crippen molar-refractivity contribution in [3.05, 3.63) is 0 Å². The van der Waals surface area contributed by atoms with E-state index in [2.05, 4.69) is 19.2 Å². The molecule has 1 atom stereocenters. The van der Waals surface area contributed by atoms with Crippen molar-refractivity contribution in [2.24, 2.45) is 0 Å². The van der Waals surface area contributed by atoms with E-state index in [1.54, 1.807) is 14.2 Å². The summed E-state index contributed by atoms with van der Waals surface area (Å²) >= 11 is -1.75. The molecule has 1 unspecified atom stereocenters. The summed E-state index contributed by atoms with van der Waals surface area (Å²) < 4.78 is 11.3. The second-order valence-corrected chi connectivity index (χ2v) is 6.74. The van der Waals surface area contributed by atoms with Gasteiger partial charge in [-0.2, -0.15) is 0 Å². The van der Waals surface area contributed by atoms with E-state index in [0.717, 1.165) is 6.54 Å². The average molecular weight is 238 g/mol. The van der Waals surface area contributed by atoms with Crippen LogP contribution < -0.4 is 5.32 Å². The summed E-state index contributed by atoms with van der Waals surface area (Å²) in [6.07, 6.45) is 4.83. The Balaban J connectivity index is 3.85. The van der Waals surface area contributed by atoms with E-state index >= 15 is 0 Å². The van der Waals surface area contributed by atoms with Crippen molar-refractivity contribution in [1.29, 1.82) is 0 Å². The maximum atomic E-state index is 5.43. The van der Waals surface area contributed by atoms with E-state index in [4.69, 9.17) is 6.64 Å². The third-order valence-corrected chi connectivity index (χ3v) is 5.10. The third kappa shape index (κ3) is 6.15. The maximum absolute atomic E-state index is 5.43. The molecule has 0 rings (SSSR count). The van der Waals surface area contributed by atoms with Crippen LogP contribution in [0.15, 0.2) is 0 Å². The van der Waals surface area contributed by atoms with Gasteiger partial charge < -0.3 is 0 Å². The topological polar surface area (TPSA) is 30.5 Å². The molecule has 0 saturated carbocycles. The Kier molecular flexibility index (Phi) is 10.6. The molecule has 0 fully saturated rings. The molecule has 0 aliphatic carbocycles. The van der Waals surface area contributed by atoms with Crippen LogP contribution in [0.3, 0.4) is 0 Å². The Labute approximate surface area is 95.3 Å². The number of unbranched alkanes of at least 4 members (excludes halogenated alkanes) is 1. The van der Waals surface area contributed by atoms with Crippen LogP contribution in [-0.4, -0.2) is 25.1 Å². The summed E-state index contributed by atoms with van der Waals surface area (Å²) in [6, 6.07) is 0. The molecule has 0 saturated heterocycles. The Morgan fingerprint density at radius 3 is 2.21 bits per heavy atom. The first-order valence-corrected chi connectivity index (χ1v) is 7.65. The molecule has 0 aromatic rings. The normalized spacial score (nSPS) is 12.9. The van der Waals surface area contributed by atoms with E-state index in [0.29, 0.717) is 4.35 Å². The van der Waals surface area contributed by atoms with Crippen LogP contribution in [0, 0.1) is 0 Å². The predicted molar refractivity (Wildman–Crippen MR) is 55.6 cm³/mol. The first-order chi connectivity index (χ1) is 6.79. The molecule has 14 heavy (non-hydrogen) atoms. The van der Waals surface area contributed by atoms with Gasteiger partial charge in [0.15, 0.2) is 0 Å². The first-order valence-electron chi connectivity index (χ1n) is 5.48. The summed E-state index contributed by atoms with van der Waals surface area (Å²) in [5, 5.41) is 3.55. The third-order valence-electron chi connectivity index (χ3n) is 2.19. The van der Waals surface area contributed by atoms with Crippen molar-refractivity contribution in [3.63, 3.8) is 0 Å². The predicted octanol–water partition coefficient (Wildman–Crippen LogP) is 2.24. The molecule has 0 aromatic carbocycles. The van der Waals surface area contributed by atoms with Gasteiger partial charge in [-0.15, -0.1) is 0 Å². The summed E-state index contributed by atoms with van der Waals surface area (Å²) in [7, 11) is 3.53. The summed E-state index contributed by atoms with van der Waals surface area (Å²) in [5.41, 5.74) is 0. The van der Waals surface area contributed by atoms with Gasteiger partial charge in [0.25, 0.3) is 0 Å². The molecule has 0 bridgehead atoms. The van der Waals surface area contributed by atoms with Gasteiger partial charge >= 0.3 is 95.2 Å². The number of hydrogen-bond donors (Lipinski definition) is 1. The van der Waals surface area contributed by atoms with Gasteiger partial charge in [0.1, 0.15) is 0 Å². The van der Waals surface area contributed by atoms with Crippen molar-refractivity contribution < 1.29 is 25.3 Å². The minimum absolute atomic E-state index is 0.488. The molecule has 0 aromatic heterocycles. The van der Waals surface area contributed by atoms with Crippen LogP contribution in [0.4, 0.5) is 0 Å². The second kappa shape index (κ2) is 10.1. The van der Waals surface area contributed by atoms with Gasteiger partial charge in [0, 0.05) is 0 Å². The van der Waals surface area contributed by atoms with Gasteiger partial charge in [-0.3, -0.25) is 0 Å². The molecular weight excluding hydrogens is 214 g/mol. The zero-order chi connectivity index (χ0) is 10.8. The molecule has 0 radical (unpaired) electrons. The number of nitrogens with one attached hydrogen (secondary N) is 1.